The van der Waals surface area contributed by atoms with E-state index in [9.17, 15) is 13.2 Å². The van der Waals surface area contributed by atoms with Gasteiger partial charge in [0, 0.05) is 24.9 Å². The lowest BCUT2D eigenvalue weighted by Crippen LogP contribution is -2.39. The molecule has 1 unspecified atom stereocenters. The summed E-state index contributed by atoms with van der Waals surface area (Å²) < 4.78 is 35.7. The number of alkyl halides is 3. The van der Waals surface area contributed by atoms with Crippen molar-refractivity contribution in [1.82, 2.24) is 10.3 Å². The topological polar surface area (TPSA) is 45.2 Å². The van der Waals surface area contributed by atoms with Crippen LogP contribution in [0.25, 0.3) is 0 Å². The minimum atomic E-state index is -4.55. The van der Waals surface area contributed by atoms with Crippen LogP contribution in [0.5, 0.6) is 0 Å². The fourth-order valence-corrected chi connectivity index (χ4v) is 1.74. The van der Waals surface area contributed by atoms with Crippen molar-refractivity contribution in [1.29, 1.82) is 0 Å². The van der Waals surface area contributed by atoms with Gasteiger partial charge in [-0.15, -0.1) is 11.3 Å². The molecule has 1 atom stereocenters. The molecule has 1 rings (SSSR count). The molecule has 0 aliphatic heterocycles. The number of nitrogens with one attached hydrogen (secondary N) is 1. The van der Waals surface area contributed by atoms with Gasteiger partial charge in [0.15, 0.2) is 6.10 Å². The minimum absolute atomic E-state index is 0.371. The zero-order valence-corrected chi connectivity index (χ0v) is 9.53. The Morgan fingerprint density at radius 2 is 2.25 bits per heavy atom. The second-order valence-corrected chi connectivity index (χ2v) is 4.43. The first-order chi connectivity index (χ1) is 7.39. The summed E-state index contributed by atoms with van der Waals surface area (Å²) >= 11 is 1.50. The van der Waals surface area contributed by atoms with Crippen LogP contribution in [-0.2, 0) is 6.42 Å². The van der Waals surface area contributed by atoms with Gasteiger partial charge in [0.2, 0.25) is 0 Å². The maximum Gasteiger partial charge on any atom is 0.415 e. The molecule has 0 spiro atoms. The smallest absolute Gasteiger partial charge is 0.382 e. The summed E-state index contributed by atoms with van der Waals surface area (Å²) in [5, 5.41) is 14.0. The fourth-order valence-electron chi connectivity index (χ4n) is 1.09. The van der Waals surface area contributed by atoms with Crippen LogP contribution in [-0.4, -0.2) is 35.5 Å². The zero-order valence-electron chi connectivity index (χ0n) is 8.71. The maximum absolute atomic E-state index is 11.9. The van der Waals surface area contributed by atoms with Gasteiger partial charge in [0.1, 0.15) is 0 Å². The number of aliphatic hydroxyl groups excluding tert-OH is 1. The maximum atomic E-state index is 11.9. The quantitative estimate of drug-likeness (QED) is 0.783. The Balaban J connectivity index is 2.17. The van der Waals surface area contributed by atoms with Crippen LogP contribution >= 0.6 is 11.3 Å². The van der Waals surface area contributed by atoms with Gasteiger partial charge in [-0.05, 0) is 6.92 Å². The van der Waals surface area contributed by atoms with E-state index in [0.717, 1.165) is 10.7 Å². The first-order valence-corrected chi connectivity index (χ1v) is 5.64. The van der Waals surface area contributed by atoms with Crippen LogP contribution in [0.15, 0.2) is 5.38 Å². The predicted molar refractivity (Wildman–Crippen MR) is 55.5 cm³/mol. The predicted octanol–water partition coefficient (Wildman–Crippen LogP) is 1.51. The SMILES string of the molecule is Cc1nc(CCNCC(O)C(F)(F)F)cs1. The average Bonchev–Trinajstić information content (AvgIpc) is 2.57. The number of hydrogen-bond acceptors (Lipinski definition) is 4. The second-order valence-electron chi connectivity index (χ2n) is 3.37. The van der Waals surface area contributed by atoms with Gasteiger partial charge in [-0.3, -0.25) is 0 Å². The second kappa shape index (κ2) is 5.60. The molecule has 1 heterocycles. The van der Waals surface area contributed by atoms with E-state index in [1.54, 1.807) is 0 Å². The van der Waals surface area contributed by atoms with Crippen LogP contribution in [0.3, 0.4) is 0 Å². The lowest BCUT2D eigenvalue weighted by Gasteiger charge is -2.14. The number of thiazole rings is 1. The van der Waals surface area contributed by atoms with E-state index in [4.69, 9.17) is 5.11 Å². The summed E-state index contributed by atoms with van der Waals surface area (Å²) in [6.45, 7) is 1.76. The molecular weight excluding hydrogens is 241 g/mol. The van der Waals surface area contributed by atoms with Crippen LogP contribution in [0.2, 0.25) is 0 Å². The first-order valence-electron chi connectivity index (χ1n) is 4.76. The molecule has 0 bridgehead atoms. The lowest BCUT2D eigenvalue weighted by molar-refractivity contribution is -0.201. The van der Waals surface area contributed by atoms with Crippen molar-refractivity contribution < 1.29 is 18.3 Å². The minimum Gasteiger partial charge on any atom is -0.382 e. The van der Waals surface area contributed by atoms with Crippen LogP contribution in [0, 0.1) is 6.92 Å². The third-order valence-electron chi connectivity index (χ3n) is 1.94. The number of aromatic nitrogens is 1. The highest BCUT2D eigenvalue weighted by Crippen LogP contribution is 2.19. The molecule has 92 valence electrons. The Kier molecular flexibility index (Phi) is 4.69. The Bertz CT molecular complexity index is 327. The first kappa shape index (κ1) is 13.4. The molecule has 1 aromatic rings. The van der Waals surface area contributed by atoms with Gasteiger partial charge in [0.25, 0.3) is 0 Å². The van der Waals surface area contributed by atoms with Crippen molar-refractivity contribution in [2.75, 3.05) is 13.1 Å². The van der Waals surface area contributed by atoms with Gasteiger partial charge < -0.3 is 10.4 Å². The highest BCUT2D eigenvalue weighted by molar-refractivity contribution is 7.09. The molecule has 0 aliphatic carbocycles. The van der Waals surface area contributed by atoms with Crippen molar-refractivity contribution in [3.63, 3.8) is 0 Å². The van der Waals surface area contributed by atoms with Gasteiger partial charge in [-0.2, -0.15) is 13.2 Å². The van der Waals surface area contributed by atoms with Gasteiger partial charge >= 0.3 is 6.18 Å². The Morgan fingerprint density at radius 3 is 2.75 bits per heavy atom. The zero-order chi connectivity index (χ0) is 12.2. The summed E-state index contributed by atoms with van der Waals surface area (Å²) in [6, 6.07) is 0. The molecule has 0 aliphatic rings. The molecule has 0 radical (unpaired) electrons. The summed E-state index contributed by atoms with van der Waals surface area (Å²) in [4.78, 5) is 4.17. The van der Waals surface area contributed by atoms with Crippen molar-refractivity contribution in [2.45, 2.75) is 25.6 Å². The highest BCUT2D eigenvalue weighted by atomic mass is 32.1. The number of rotatable bonds is 5. The Labute approximate surface area is 95.3 Å². The molecule has 2 N–H and O–H groups in total. The lowest BCUT2D eigenvalue weighted by atomic mass is 10.3. The third kappa shape index (κ3) is 4.46. The molecule has 0 fully saturated rings. The summed E-state index contributed by atoms with van der Waals surface area (Å²) in [6.07, 6.45) is -6.29. The largest absolute Gasteiger partial charge is 0.415 e. The van der Waals surface area contributed by atoms with Crippen LogP contribution in [0.1, 0.15) is 10.7 Å². The van der Waals surface area contributed by atoms with Gasteiger partial charge in [0.05, 0.1) is 10.7 Å². The molecule has 3 nitrogen and oxygen atoms in total. The van der Waals surface area contributed by atoms with E-state index < -0.39 is 18.8 Å². The van der Waals surface area contributed by atoms with E-state index in [1.165, 1.54) is 11.3 Å². The highest BCUT2D eigenvalue weighted by Gasteiger charge is 2.37. The number of aliphatic hydroxyl groups is 1. The number of hydrogen-bond donors (Lipinski definition) is 2. The Hall–Kier alpha value is -0.660. The van der Waals surface area contributed by atoms with E-state index in [1.807, 2.05) is 12.3 Å². The van der Waals surface area contributed by atoms with Crippen molar-refractivity contribution in [2.24, 2.45) is 0 Å². The summed E-state index contributed by atoms with van der Waals surface area (Å²) in [7, 11) is 0. The third-order valence-corrected chi connectivity index (χ3v) is 2.76. The molecule has 0 amide bonds. The van der Waals surface area contributed by atoms with Gasteiger partial charge in [-0.25, -0.2) is 4.98 Å². The molecular formula is C9H13F3N2OS. The van der Waals surface area contributed by atoms with Crippen molar-refractivity contribution in [3.05, 3.63) is 16.1 Å². The Morgan fingerprint density at radius 1 is 1.56 bits per heavy atom. The number of halogens is 3. The molecule has 0 aromatic carbocycles. The van der Waals surface area contributed by atoms with Crippen LogP contribution < -0.4 is 5.32 Å². The molecule has 0 saturated heterocycles. The van der Waals surface area contributed by atoms with Crippen LogP contribution in [0.4, 0.5) is 13.2 Å². The number of nitrogens with zero attached hydrogens (tertiary/aromatic N) is 1. The van der Waals surface area contributed by atoms with Crippen molar-refractivity contribution >= 4 is 11.3 Å². The fraction of sp³-hybridized carbons (Fsp3) is 0.667. The summed E-state index contributed by atoms with van der Waals surface area (Å²) in [5.41, 5.74) is 0.858. The molecule has 0 saturated carbocycles. The van der Waals surface area contributed by atoms with Crippen molar-refractivity contribution in [3.8, 4) is 0 Å². The van der Waals surface area contributed by atoms with E-state index >= 15 is 0 Å². The standard InChI is InChI=1S/C9H13F3N2OS/c1-6-14-7(5-16-6)2-3-13-4-8(15)9(10,11)12/h5,8,13,15H,2-4H2,1H3. The van der Waals surface area contributed by atoms with E-state index in [0.29, 0.717) is 13.0 Å². The number of aryl methyl sites for hydroxylation is 1. The van der Waals surface area contributed by atoms with E-state index in [2.05, 4.69) is 10.3 Å². The normalized spacial score (nSPS) is 14.1. The summed E-state index contributed by atoms with van der Waals surface area (Å²) in [5.74, 6) is 0. The average molecular weight is 254 g/mol. The van der Waals surface area contributed by atoms with Gasteiger partial charge in [-0.1, -0.05) is 0 Å². The monoisotopic (exact) mass is 254 g/mol. The molecule has 7 heteroatoms. The molecule has 1 aromatic heterocycles. The van der Waals surface area contributed by atoms with E-state index in [-0.39, 0.29) is 0 Å². The molecule has 16 heavy (non-hydrogen) atoms.